The van der Waals surface area contributed by atoms with Gasteiger partial charge in [-0.25, -0.2) is 0 Å². The molecule has 5 heteroatoms. The van der Waals surface area contributed by atoms with Gasteiger partial charge in [-0.3, -0.25) is 9.48 Å². The maximum atomic E-state index is 12.4. The van der Waals surface area contributed by atoms with Gasteiger partial charge in [-0.2, -0.15) is 5.10 Å². The Morgan fingerprint density at radius 1 is 1.29 bits per heavy atom. The predicted octanol–water partition coefficient (Wildman–Crippen LogP) is 3.24. The zero-order valence-corrected chi connectivity index (χ0v) is 15.4. The van der Waals surface area contributed by atoms with Crippen molar-refractivity contribution >= 4 is 5.91 Å². The van der Waals surface area contributed by atoms with E-state index in [4.69, 9.17) is 4.74 Å². The summed E-state index contributed by atoms with van der Waals surface area (Å²) in [4.78, 5) is 12.4. The van der Waals surface area contributed by atoms with Crippen LogP contribution in [0, 0.1) is 13.8 Å². The van der Waals surface area contributed by atoms with Crippen molar-refractivity contribution in [3.63, 3.8) is 0 Å². The molecule has 0 saturated carbocycles. The molecule has 0 saturated heterocycles. The number of rotatable bonds is 6. The van der Waals surface area contributed by atoms with Crippen LogP contribution in [-0.2, 0) is 18.3 Å². The van der Waals surface area contributed by atoms with Crippen molar-refractivity contribution in [1.29, 1.82) is 0 Å². The van der Waals surface area contributed by atoms with Crippen molar-refractivity contribution in [2.75, 3.05) is 0 Å². The Labute approximate surface area is 144 Å². The summed E-state index contributed by atoms with van der Waals surface area (Å²) in [6.07, 6.45) is 0.472. The molecular weight excluding hydrogens is 302 g/mol. The van der Waals surface area contributed by atoms with Crippen LogP contribution in [0.2, 0.25) is 0 Å². The van der Waals surface area contributed by atoms with E-state index in [1.165, 1.54) is 0 Å². The third kappa shape index (κ3) is 4.37. The average molecular weight is 329 g/mol. The van der Waals surface area contributed by atoms with E-state index in [9.17, 15) is 4.79 Å². The van der Waals surface area contributed by atoms with Gasteiger partial charge in [0.05, 0.1) is 24.3 Å². The molecular formula is C19H27N3O2. The summed E-state index contributed by atoms with van der Waals surface area (Å²) in [5.41, 5.74) is 3.97. The fraction of sp³-hybridized carbons (Fsp3) is 0.474. The van der Waals surface area contributed by atoms with Crippen molar-refractivity contribution in [2.45, 2.75) is 53.2 Å². The maximum absolute atomic E-state index is 12.4. The highest BCUT2D eigenvalue weighted by molar-refractivity contribution is 5.79. The molecule has 2 aromatic rings. The van der Waals surface area contributed by atoms with Crippen molar-refractivity contribution in [3.05, 3.63) is 46.8 Å². The van der Waals surface area contributed by atoms with Crippen LogP contribution in [0.4, 0.5) is 0 Å². The van der Waals surface area contributed by atoms with E-state index in [1.54, 1.807) is 0 Å². The lowest BCUT2D eigenvalue weighted by atomic mass is 10.1. The van der Waals surface area contributed by atoms with Gasteiger partial charge >= 0.3 is 0 Å². The van der Waals surface area contributed by atoms with E-state index in [0.717, 1.165) is 28.3 Å². The van der Waals surface area contributed by atoms with Crippen LogP contribution in [0.25, 0.3) is 0 Å². The Kier molecular flexibility index (Phi) is 5.65. The Hall–Kier alpha value is -2.30. The summed E-state index contributed by atoms with van der Waals surface area (Å²) in [5.74, 6) is 0.819. The van der Waals surface area contributed by atoms with Crippen LogP contribution in [0.5, 0.6) is 5.75 Å². The summed E-state index contributed by atoms with van der Waals surface area (Å²) in [7, 11) is 1.90. The minimum Gasteiger partial charge on any atom is -0.491 e. The van der Waals surface area contributed by atoms with Gasteiger partial charge in [0.25, 0.3) is 0 Å². The molecule has 1 amide bonds. The Balaban J connectivity index is 2.03. The van der Waals surface area contributed by atoms with Crippen molar-refractivity contribution in [3.8, 4) is 5.75 Å². The number of carbonyl (C=O) groups excluding carboxylic acids is 1. The van der Waals surface area contributed by atoms with Gasteiger partial charge in [0.2, 0.25) is 5.91 Å². The zero-order valence-electron chi connectivity index (χ0n) is 15.4. The van der Waals surface area contributed by atoms with Crippen LogP contribution in [0.15, 0.2) is 24.3 Å². The number of benzene rings is 1. The number of hydrogen-bond acceptors (Lipinski definition) is 3. The van der Waals surface area contributed by atoms with E-state index in [0.29, 0.717) is 6.42 Å². The van der Waals surface area contributed by atoms with Crippen LogP contribution >= 0.6 is 0 Å². The molecule has 1 N–H and O–H groups in total. The van der Waals surface area contributed by atoms with E-state index < -0.39 is 0 Å². The lowest BCUT2D eigenvalue weighted by molar-refractivity contribution is -0.121. The topological polar surface area (TPSA) is 56.2 Å². The number of carbonyl (C=O) groups is 1. The van der Waals surface area contributed by atoms with E-state index in [-0.39, 0.29) is 18.1 Å². The second-order valence-corrected chi connectivity index (χ2v) is 6.48. The van der Waals surface area contributed by atoms with Gasteiger partial charge in [0, 0.05) is 18.3 Å². The van der Waals surface area contributed by atoms with Crippen LogP contribution < -0.4 is 10.1 Å². The zero-order chi connectivity index (χ0) is 17.9. The molecule has 0 aliphatic carbocycles. The van der Waals surface area contributed by atoms with Crippen LogP contribution in [0.3, 0.4) is 0 Å². The largest absolute Gasteiger partial charge is 0.491 e. The minimum atomic E-state index is -0.0782. The first kappa shape index (κ1) is 18.0. The molecule has 0 spiro atoms. The first-order valence-corrected chi connectivity index (χ1v) is 8.33. The maximum Gasteiger partial charge on any atom is 0.225 e. The third-order valence-electron chi connectivity index (χ3n) is 4.10. The van der Waals surface area contributed by atoms with Gasteiger partial charge in [-0.1, -0.05) is 12.1 Å². The predicted molar refractivity (Wildman–Crippen MR) is 95.1 cm³/mol. The first-order chi connectivity index (χ1) is 11.3. The van der Waals surface area contributed by atoms with Crippen molar-refractivity contribution < 1.29 is 9.53 Å². The van der Waals surface area contributed by atoms with Crippen LogP contribution in [0.1, 0.15) is 49.3 Å². The second-order valence-electron chi connectivity index (χ2n) is 6.48. The lowest BCUT2D eigenvalue weighted by Crippen LogP contribution is -2.28. The fourth-order valence-corrected chi connectivity index (χ4v) is 2.74. The molecule has 24 heavy (non-hydrogen) atoms. The number of nitrogens with zero attached hydrogens (tertiary/aromatic N) is 2. The number of aromatic nitrogens is 2. The summed E-state index contributed by atoms with van der Waals surface area (Å²) in [5, 5.41) is 7.42. The Bertz CT molecular complexity index is 719. The van der Waals surface area contributed by atoms with Crippen molar-refractivity contribution in [2.24, 2.45) is 7.05 Å². The molecule has 1 heterocycles. The standard InChI is InChI=1S/C19H27N3O2/c1-12(2)24-17-9-7-8-16(10-17)13(3)20-19(23)11-18-14(4)21-22(6)15(18)5/h7-10,12-13H,11H2,1-6H3,(H,20,23)/t13-/m1/s1. The number of hydrogen-bond donors (Lipinski definition) is 1. The number of nitrogens with one attached hydrogen (secondary N) is 1. The molecule has 0 fully saturated rings. The monoisotopic (exact) mass is 329 g/mol. The van der Waals surface area contributed by atoms with Crippen LogP contribution in [-0.4, -0.2) is 21.8 Å². The number of ether oxygens (including phenoxy) is 1. The summed E-state index contributed by atoms with van der Waals surface area (Å²) in [6, 6.07) is 7.78. The van der Waals surface area contributed by atoms with Gasteiger partial charge < -0.3 is 10.1 Å². The van der Waals surface area contributed by atoms with Gasteiger partial charge in [0.1, 0.15) is 5.75 Å². The Morgan fingerprint density at radius 2 is 2.00 bits per heavy atom. The molecule has 0 bridgehead atoms. The van der Waals surface area contributed by atoms with Gasteiger partial charge in [-0.05, 0) is 52.3 Å². The smallest absolute Gasteiger partial charge is 0.225 e. The van der Waals surface area contributed by atoms with E-state index in [1.807, 2.05) is 70.6 Å². The summed E-state index contributed by atoms with van der Waals surface area (Å²) in [6.45, 7) is 9.90. The molecule has 0 aliphatic rings. The summed E-state index contributed by atoms with van der Waals surface area (Å²) < 4.78 is 7.53. The Morgan fingerprint density at radius 3 is 2.58 bits per heavy atom. The van der Waals surface area contributed by atoms with Gasteiger partial charge in [0.15, 0.2) is 0 Å². The quantitative estimate of drug-likeness (QED) is 0.885. The molecule has 130 valence electrons. The fourth-order valence-electron chi connectivity index (χ4n) is 2.74. The molecule has 1 aromatic heterocycles. The molecule has 0 aliphatic heterocycles. The number of aryl methyl sites for hydroxylation is 2. The highest BCUT2D eigenvalue weighted by atomic mass is 16.5. The second kappa shape index (κ2) is 7.51. The molecule has 2 rings (SSSR count). The highest BCUT2D eigenvalue weighted by Gasteiger charge is 2.16. The third-order valence-corrected chi connectivity index (χ3v) is 4.10. The first-order valence-electron chi connectivity index (χ1n) is 8.33. The van der Waals surface area contributed by atoms with E-state index >= 15 is 0 Å². The normalized spacial score (nSPS) is 12.3. The molecule has 5 nitrogen and oxygen atoms in total. The lowest BCUT2D eigenvalue weighted by Gasteiger charge is -2.16. The van der Waals surface area contributed by atoms with Crippen molar-refractivity contribution in [1.82, 2.24) is 15.1 Å². The summed E-state index contributed by atoms with van der Waals surface area (Å²) >= 11 is 0. The molecule has 1 atom stereocenters. The molecule has 0 radical (unpaired) electrons. The number of amides is 1. The minimum absolute atomic E-state index is 0.00289. The van der Waals surface area contributed by atoms with E-state index in [2.05, 4.69) is 10.4 Å². The van der Waals surface area contributed by atoms with Gasteiger partial charge in [-0.15, -0.1) is 0 Å². The average Bonchev–Trinajstić information content (AvgIpc) is 2.73. The molecule has 0 unspecified atom stereocenters. The highest BCUT2D eigenvalue weighted by Crippen LogP contribution is 2.20. The molecule has 1 aromatic carbocycles. The SMILES string of the molecule is Cc1nn(C)c(C)c1CC(=O)N[C@H](C)c1cccc(OC(C)C)c1.